The number of thiazole rings is 1. The highest BCUT2D eigenvalue weighted by atomic mass is 32.2. The fourth-order valence-corrected chi connectivity index (χ4v) is 8.21. The van der Waals surface area contributed by atoms with Crippen molar-refractivity contribution in [3.63, 3.8) is 0 Å². The molecule has 0 radical (unpaired) electrons. The summed E-state index contributed by atoms with van der Waals surface area (Å²) in [7, 11) is 0.234. The lowest BCUT2D eigenvalue weighted by molar-refractivity contribution is 0.290. The second-order valence-corrected chi connectivity index (χ2v) is 16.2. The van der Waals surface area contributed by atoms with Gasteiger partial charge in [-0.3, -0.25) is 4.72 Å². The van der Waals surface area contributed by atoms with Crippen molar-refractivity contribution in [2.45, 2.75) is 63.6 Å². The molecule has 3 aromatic rings. The highest BCUT2D eigenvalue weighted by Gasteiger charge is 2.37. The van der Waals surface area contributed by atoms with Gasteiger partial charge in [0.2, 0.25) is 0 Å². The van der Waals surface area contributed by atoms with Crippen LogP contribution in [0.4, 0.5) is 16.8 Å². The zero-order chi connectivity index (χ0) is 30.0. The number of piperazine rings is 1. The first-order valence-electron chi connectivity index (χ1n) is 14.6. The maximum Gasteiger partial charge on any atom is 0.189 e. The van der Waals surface area contributed by atoms with Gasteiger partial charge in [-0.05, 0) is 88.9 Å². The van der Waals surface area contributed by atoms with Crippen molar-refractivity contribution in [1.82, 2.24) is 24.9 Å². The molecule has 1 unspecified atom stereocenters. The zero-order valence-corrected chi connectivity index (χ0v) is 27.1. The van der Waals surface area contributed by atoms with E-state index in [4.69, 9.17) is 9.97 Å². The molecular formula is C33H43N7S2. The first kappa shape index (κ1) is 29.0. The van der Waals surface area contributed by atoms with Crippen LogP contribution in [-0.4, -0.2) is 58.3 Å². The van der Waals surface area contributed by atoms with E-state index in [0.29, 0.717) is 6.04 Å². The molecule has 1 aliphatic carbocycles. The van der Waals surface area contributed by atoms with Crippen LogP contribution in [0.5, 0.6) is 0 Å². The number of nitrogens with zero attached hydrogens (tertiary/aromatic N) is 4. The Kier molecular flexibility index (Phi) is 7.28. The van der Waals surface area contributed by atoms with E-state index in [1.54, 1.807) is 11.3 Å². The van der Waals surface area contributed by atoms with Gasteiger partial charge in [0.05, 0.1) is 10.6 Å². The van der Waals surface area contributed by atoms with Crippen LogP contribution in [0.15, 0.2) is 54.1 Å². The van der Waals surface area contributed by atoms with Gasteiger partial charge in [0.1, 0.15) is 11.6 Å². The van der Waals surface area contributed by atoms with Gasteiger partial charge in [0.25, 0.3) is 0 Å². The predicted molar refractivity (Wildman–Crippen MR) is 184 cm³/mol. The normalized spacial score (nSPS) is 19.3. The first-order chi connectivity index (χ1) is 19.9. The molecule has 1 saturated carbocycles. The first-order valence-corrected chi connectivity index (χ1v) is 17.4. The van der Waals surface area contributed by atoms with Gasteiger partial charge in [-0.2, -0.15) is 0 Å². The van der Waals surface area contributed by atoms with Crippen molar-refractivity contribution in [3.8, 4) is 10.4 Å². The third kappa shape index (κ3) is 5.39. The molecule has 222 valence electrons. The summed E-state index contributed by atoms with van der Waals surface area (Å²) in [5.74, 6) is 11.5. The summed E-state index contributed by atoms with van der Waals surface area (Å²) in [5.41, 5.74) is 6.77. The topological polar surface area (TPSA) is 68.3 Å². The highest BCUT2D eigenvalue weighted by molar-refractivity contribution is 8.26. The quantitative estimate of drug-likeness (QED) is 0.248. The third-order valence-corrected chi connectivity index (χ3v) is 11.8. The molecule has 6 rings (SSSR count). The number of aryl methyl sites for hydroxylation is 1. The van der Waals surface area contributed by atoms with Crippen LogP contribution >= 0.6 is 20.7 Å². The molecule has 1 atom stereocenters. The lowest BCUT2D eigenvalue weighted by atomic mass is 10.0. The number of rotatable bonds is 8. The Bertz CT molecular complexity index is 1680. The molecule has 9 heteroatoms. The van der Waals surface area contributed by atoms with Crippen LogP contribution in [0.1, 0.15) is 50.4 Å². The molecule has 3 aliphatic rings. The number of pyridine rings is 1. The summed E-state index contributed by atoms with van der Waals surface area (Å²) in [5, 5.41) is 7.82. The average molecular weight is 602 g/mol. The SMILES string of the molecule is C=C1CNC(C)(C)CN1c1cccc(Nc2nc(C)c(-c3cc4c(c(S(=C)(=C)NC)c3)C(=C)N(C(C)C3CC3)C4)s2)n1. The average Bonchev–Trinajstić information content (AvgIpc) is 3.67. The molecule has 0 spiro atoms. The van der Waals surface area contributed by atoms with Gasteiger partial charge in [-0.25, -0.2) is 9.97 Å². The number of aromatic nitrogens is 2. The van der Waals surface area contributed by atoms with E-state index in [9.17, 15) is 0 Å². The Labute approximate surface area is 255 Å². The molecule has 2 fully saturated rings. The van der Waals surface area contributed by atoms with Crippen LogP contribution in [0.2, 0.25) is 0 Å². The number of hydrogen-bond donors (Lipinski definition) is 3. The van der Waals surface area contributed by atoms with E-state index in [0.717, 1.165) is 74.7 Å². The number of benzene rings is 1. The van der Waals surface area contributed by atoms with E-state index in [2.05, 4.69) is 89.9 Å². The zero-order valence-electron chi connectivity index (χ0n) is 25.5. The van der Waals surface area contributed by atoms with Crippen LogP contribution in [0, 0.1) is 12.8 Å². The fourth-order valence-electron chi connectivity index (χ4n) is 6.03. The molecule has 0 amide bonds. The van der Waals surface area contributed by atoms with Gasteiger partial charge in [-0.1, -0.05) is 42.3 Å². The molecule has 2 aromatic heterocycles. The number of anilines is 3. The van der Waals surface area contributed by atoms with Crippen molar-refractivity contribution in [1.29, 1.82) is 0 Å². The largest absolute Gasteiger partial charge is 0.364 e. The van der Waals surface area contributed by atoms with E-state index < -0.39 is 9.39 Å². The van der Waals surface area contributed by atoms with Crippen molar-refractivity contribution in [2.24, 2.45) is 5.92 Å². The van der Waals surface area contributed by atoms with Crippen molar-refractivity contribution < 1.29 is 0 Å². The standard InChI is InChI=1S/C33H43N7S2/c1-20-17-35-33(5,6)19-40(20)29-12-10-11-28(37-29)38-32-36-21(2)31(41-32)25-15-26-18-39(22(3)24-13-14-24)23(4)30(26)27(16-25)42(8,9)34-7/h10-12,15-16,22,24,34-35H,1,4,8-9,13-14,17-19H2,2-3,5-7H3,(H,36,37,38). The molecule has 1 aromatic carbocycles. The Balaban J connectivity index is 1.32. The molecule has 0 bridgehead atoms. The third-order valence-electron chi connectivity index (χ3n) is 8.78. The van der Waals surface area contributed by atoms with Gasteiger partial charge in [0.15, 0.2) is 5.13 Å². The molecule has 4 heterocycles. The van der Waals surface area contributed by atoms with Crippen LogP contribution < -0.4 is 20.3 Å². The summed E-state index contributed by atoms with van der Waals surface area (Å²) in [6.45, 7) is 20.1. The monoisotopic (exact) mass is 601 g/mol. The second kappa shape index (κ2) is 10.6. The number of nitrogens with one attached hydrogen (secondary N) is 3. The summed E-state index contributed by atoms with van der Waals surface area (Å²) in [6, 6.07) is 11.1. The van der Waals surface area contributed by atoms with Gasteiger partial charge < -0.3 is 20.4 Å². The van der Waals surface area contributed by atoms with Crippen molar-refractivity contribution in [3.05, 3.63) is 66.0 Å². The van der Waals surface area contributed by atoms with Crippen LogP contribution in [0.25, 0.3) is 16.1 Å². The van der Waals surface area contributed by atoms with Gasteiger partial charge >= 0.3 is 0 Å². The Morgan fingerprint density at radius 3 is 2.64 bits per heavy atom. The molecule has 3 N–H and O–H groups in total. The smallest absolute Gasteiger partial charge is 0.189 e. The number of fused-ring (bicyclic) bond motifs is 1. The molecule has 7 nitrogen and oxygen atoms in total. The van der Waals surface area contributed by atoms with E-state index in [-0.39, 0.29) is 5.54 Å². The fraction of sp³-hybridized carbons (Fsp3) is 0.394. The molecule has 2 aliphatic heterocycles. The number of hydrogen-bond acceptors (Lipinski definition) is 8. The van der Waals surface area contributed by atoms with Crippen LogP contribution in [0.3, 0.4) is 0 Å². The minimum atomic E-state index is -1.72. The highest BCUT2D eigenvalue weighted by Crippen LogP contribution is 2.48. The van der Waals surface area contributed by atoms with Crippen LogP contribution in [-0.2, 0) is 6.54 Å². The lowest BCUT2D eigenvalue weighted by Gasteiger charge is -2.41. The maximum atomic E-state index is 4.93. The van der Waals surface area contributed by atoms with Gasteiger partial charge in [-0.15, -0.1) is 9.39 Å². The Hall–Kier alpha value is -3.11. The second-order valence-electron chi connectivity index (χ2n) is 12.6. The van der Waals surface area contributed by atoms with Crippen molar-refractivity contribution >= 4 is 54.9 Å². The van der Waals surface area contributed by atoms with E-state index in [1.807, 2.05) is 25.2 Å². The summed E-state index contributed by atoms with van der Waals surface area (Å²) in [6.07, 6.45) is 2.62. The molecule has 42 heavy (non-hydrogen) atoms. The minimum absolute atomic E-state index is 0.0176. The Morgan fingerprint density at radius 1 is 1.17 bits per heavy atom. The summed E-state index contributed by atoms with van der Waals surface area (Å²) >= 11 is 1.65. The van der Waals surface area contributed by atoms with E-state index >= 15 is 0 Å². The summed E-state index contributed by atoms with van der Waals surface area (Å²) in [4.78, 5) is 16.8. The molecule has 1 saturated heterocycles. The van der Waals surface area contributed by atoms with E-state index in [1.165, 1.54) is 24.0 Å². The summed E-state index contributed by atoms with van der Waals surface area (Å²) < 4.78 is 3.41. The van der Waals surface area contributed by atoms with Gasteiger partial charge in [0, 0.05) is 53.1 Å². The maximum absolute atomic E-state index is 4.93. The predicted octanol–water partition coefficient (Wildman–Crippen LogP) is 6.71. The lowest BCUT2D eigenvalue weighted by Crippen LogP contribution is -2.55. The molecular weight excluding hydrogens is 559 g/mol. The van der Waals surface area contributed by atoms with Crippen molar-refractivity contribution in [2.75, 3.05) is 30.4 Å². The Morgan fingerprint density at radius 2 is 1.93 bits per heavy atom. The minimum Gasteiger partial charge on any atom is -0.364 e.